The van der Waals surface area contributed by atoms with E-state index in [9.17, 15) is 4.79 Å². The van der Waals surface area contributed by atoms with E-state index < -0.39 is 0 Å². The van der Waals surface area contributed by atoms with Crippen molar-refractivity contribution in [1.29, 1.82) is 0 Å². The van der Waals surface area contributed by atoms with Gasteiger partial charge in [-0.25, -0.2) is 0 Å². The molecule has 0 radical (unpaired) electrons. The topological polar surface area (TPSA) is 32.3 Å². The van der Waals surface area contributed by atoms with Gasteiger partial charge in [-0.15, -0.1) is 24.2 Å². The molecule has 0 bridgehead atoms. The highest BCUT2D eigenvalue weighted by atomic mass is 35.5. The number of rotatable bonds is 1. The van der Waals surface area contributed by atoms with Gasteiger partial charge >= 0.3 is 0 Å². The average Bonchev–Trinajstić information content (AvgIpc) is 2.91. The van der Waals surface area contributed by atoms with Crippen molar-refractivity contribution in [1.82, 2.24) is 10.2 Å². The van der Waals surface area contributed by atoms with Gasteiger partial charge in [0, 0.05) is 35.2 Å². The van der Waals surface area contributed by atoms with E-state index in [2.05, 4.69) is 22.0 Å². The molecule has 3 rings (SSSR count). The van der Waals surface area contributed by atoms with Crippen molar-refractivity contribution in [2.45, 2.75) is 43.0 Å². The highest BCUT2D eigenvalue weighted by molar-refractivity contribution is 8.00. The van der Waals surface area contributed by atoms with Crippen LogP contribution in [0.5, 0.6) is 0 Å². The Morgan fingerprint density at radius 1 is 1.28 bits per heavy atom. The number of hydrogen-bond acceptors (Lipinski definition) is 4. The smallest absolute Gasteiger partial charge is 0.240 e. The second-order valence-electron chi connectivity index (χ2n) is 5.06. The van der Waals surface area contributed by atoms with Crippen molar-refractivity contribution in [2.24, 2.45) is 0 Å². The SMILES string of the molecule is Cl.O=C(C1CSCN1)N1CCSC2CCCCC21. The molecule has 3 unspecified atom stereocenters. The lowest BCUT2D eigenvalue weighted by Crippen LogP contribution is -2.56. The molecular formula is C12H21ClN2OS2. The van der Waals surface area contributed by atoms with Crippen LogP contribution in [0.25, 0.3) is 0 Å². The molecule has 6 heteroatoms. The lowest BCUT2D eigenvalue weighted by Gasteiger charge is -2.44. The Hall–Kier alpha value is 0.420. The van der Waals surface area contributed by atoms with Crippen LogP contribution < -0.4 is 5.32 Å². The minimum Gasteiger partial charge on any atom is -0.336 e. The van der Waals surface area contributed by atoms with Crippen molar-refractivity contribution in [2.75, 3.05) is 23.9 Å². The molecule has 0 aromatic carbocycles. The van der Waals surface area contributed by atoms with Crippen LogP contribution in [0.2, 0.25) is 0 Å². The van der Waals surface area contributed by atoms with Crippen LogP contribution in [0.15, 0.2) is 0 Å². The lowest BCUT2D eigenvalue weighted by molar-refractivity contribution is -0.135. The number of thioether (sulfide) groups is 2. The van der Waals surface area contributed by atoms with Gasteiger partial charge in [0.2, 0.25) is 5.91 Å². The molecule has 3 fully saturated rings. The van der Waals surface area contributed by atoms with Crippen molar-refractivity contribution in [3.63, 3.8) is 0 Å². The minimum atomic E-state index is 0. The summed E-state index contributed by atoms with van der Waals surface area (Å²) in [5, 5.41) is 4.03. The molecule has 0 aromatic heterocycles. The maximum Gasteiger partial charge on any atom is 0.240 e. The highest BCUT2D eigenvalue weighted by Gasteiger charge is 2.38. The van der Waals surface area contributed by atoms with E-state index >= 15 is 0 Å². The molecule has 1 saturated carbocycles. The number of halogens is 1. The van der Waals surface area contributed by atoms with Crippen molar-refractivity contribution < 1.29 is 4.79 Å². The third-order valence-corrected chi connectivity index (χ3v) is 6.37. The molecular weight excluding hydrogens is 288 g/mol. The molecule has 3 atom stereocenters. The summed E-state index contributed by atoms with van der Waals surface area (Å²) in [6.45, 7) is 0.966. The first-order chi connectivity index (χ1) is 8.36. The van der Waals surface area contributed by atoms with E-state index in [1.54, 1.807) is 0 Å². The number of amides is 1. The van der Waals surface area contributed by atoms with Gasteiger partial charge in [-0.3, -0.25) is 10.1 Å². The molecule has 1 amide bonds. The zero-order chi connectivity index (χ0) is 11.7. The predicted molar refractivity (Wildman–Crippen MR) is 81.7 cm³/mol. The quantitative estimate of drug-likeness (QED) is 0.802. The van der Waals surface area contributed by atoms with Crippen LogP contribution in [0, 0.1) is 0 Å². The van der Waals surface area contributed by atoms with Gasteiger partial charge in [-0.2, -0.15) is 11.8 Å². The molecule has 2 heterocycles. The number of carbonyl (C=O) groups is 1. The fourth-order valence-corrected chi connectivity index (χ4v) is 5.50. The Balaban J connectivity index is 0.00000120. The van der Waals surface area contributed by atoms with E-state index in [-0.39, 0.29) is 18.4 Å². The summed E-state index contributed by atoms with van der Waals surface area (Å²) in [4.78, 5) is 14.7. The van der Waals surface area contributed by atoms with Gasteiger partial charge in [0.15, 0.2) is 0 Å². The van der Waals surface area contributed by atoms with Gasteiger partial charge in [-0.05, 0) is 12.8 Å². The van der Waals surface area contributed by atoms with Crippen molar-refractivity contribution in [3.05, 3.63) is 0 Å². The second kappa shape index (κ2) is 6.73. The summed E-state index contributed by atoms with van der Waals surface area (Å²) in [5.74, 6) is 3.40. The third-order valence-electron chi connectivity index (χ3n) is 4.03. The predicted octanol–water partition coefficient (Wildman–Crippen LogP) is 1.96. The summed E-state index contributed by atoms with van der Waals surface area (Å²) in [7, 11) is 0. The van der Waals surface area contributed by atoms with Gasteiger partial charge in [0.05, 0.1) is 6.04 Å². The van der Waals surface area contributed by atoms with Crippen molar-refractivity contribution in [3.8, 4) is 0 Å². The Bertz CT molecular complexity index is 298. The third kappa shape index (κ3) is 2.94. The fraction of sp³-hybridized carbons (Fsp3) is 0.917. The Morgan fingerprint density at radius 3 is 2.89 bits per heavy atom. The van der Waals surface area contributed by atoms with Crippen LogP contribution in [0.4, 0.5) is 0 Å². The van der Waals surface area contributed by atoms with Crippen LogP contribution in [0.1, 0.15) is 25.7 Å². The van der Waals surface area contributed by atoms with E-state index in [4.69, 9.17) is 0 Å². The van der Waals surface area contributed by atoms with Crippen LogP contribution in [-0.2, 0) is 4.79 Å². The maximum absolute atomic E-state index is 12.5. The summed E-state index contributed by atoms with van der Waals surface area (Å²) >= 11 is 3.93. The van der Waals surface area contributed by atoms with E-state index in [1.807, 2.05) is 11.8 Å². The first-order valence-electron chi connectivity index (χ1n) is 6.59. The molecule has 2 saturated heterocycles. The van der Waals surface area contributed by atoms with Gasteiger partial charge in [0.25, 0.3) is 0 Å². The molecule has 1 N–H and O–H groups in total. The summed E-state index contributed by atoms with van der Waals surface area (Å²) in [5.41, 5.74) is 0. The molecule has 1 aliphatic carbocycles. The number of hydrogen-bond donors (Lipinski definition) is 1. The Labute approximate surface area is 124 Å². The van der Waals surface area contributed by atoms with Crippen LogP contribution in [-0.4, -0.2) is 52.1 Å². The second-order valence-corrected chi connectivity index (χ2v) is 7.44. The monoisotopic (exact) mass is 308 g/mol. The number of nitrogens with zero attached hydrogens (tertiary/aromatic N) is 1. The standard InChI is InChI=1S/C12H20N2OS2.ClH/c15-12(9-7-16-8-13-9)14-5-6-17-11-4-2-1-3-10(11)14;/h9-11,13H,1-8H2;1H. The summed E-state index contributed by atoms with van der Waals surface area (Å²) < 4.78 is 0. The minimum absolute atomic E-state index is 0. The summed E-state index contributed by atoms with van der Waals surface area (Å²) in [6, 6.07) is 0.619. The first kappa shape index (κ1) is 14.8. The Morgan fingerprint density at radius 2 is 2.11 bits per heavy atom. The highest BCUT2D eigenvalue weighted by Crippen LogP contribution is 2.36. The van der Waals surface area contributed by atoms with E-state index in [0.29, 0.717) is 11.9 Å². The number of nitrogens with one attached hydrogen (secondary N) is 1. The maximum atomic E-state index is 12.5. The molecule has 3 nitrogen and oxygen atoms in total. The molecule has 2 aliphatic heterocycles. The first-order valence-corrected chi connectivity index (χ1v) is 8.80. The largest absolute Gasteiger partial charge is 0.336 e. The molecule has 18 heavy (non-hydrogen) atoms. The van der Waals surface area contributed by atoms with Gasteiger partial charge in [0.1, 0.15) is 0 Å². The number of fused-ring (bicyclic) bond motifs is 1. The average molecular weight is 309 g/mol. The number of carbonyl (C=O) groups excluding carboxylic acids is 1. The lowest BCUT2D eigenvalue weighted by atomic mass is 9.93. The van der Waals surface area contributed by atoms with Gasteiger partial charge in [-0.1, -0.05) is 12.8 Å². The van der Waals surface area contributed by atoms with E-state index in [0.717, 1.165) is 29.2 Å². The van der Waals surface area contributed by atoms with Gasteiger partial charge < -0.3 is 4.90 Å². The van der Waals surface area contributed by atoms with E-state index in [1.165, 1.54) is 25.7 Å². The fourth-order valence-electron chi connectivity index (χ4n) is 3.12. The summed E-state index contributed by atoms with van der Waals surface area (Å²) in [6.07, 6.45) is 5.20. The molecule has 0 aromatic rings. The van der Waals surface area contributed by atoms with Crippen LogP contribution >= 0.6 is 35.9 Å². The zero-order valence-electron chi connectivity index (χ0n) is 10.5. The normalized spacial score (nSPS) is 35.8. The van der Waals surface area contributed by atoms with Crippen molar-refractivity contribution >= 4 is 41.8 Å². The molecule has 0 spiro atoms. The zero-order valence-corrected chi connectivity index (χ0v) is 12.9. The molecule has 104 valence electrons. The Kier molecular flexibility index (Phi) is 5.54. The molecule has 3 aliphatic rings. The van der Waals surface area contributed by atoms with Crippen LogP contribution in [0.3, 0.4) is 0 Å².